The van der Waals surface area contributed by atoms with Crippen LogP contribution in [0.2, 0.25) is 5.02 Å². The first-order chi connectivity index (χ1) is 18.1. The molecule has 11 heteroatoms. The van der Waals surface area contributed by atoms with Crippen molar-refractivity contribution in [3.63, 3.8) is 0 Å². The van der Waals surface area contributed by atoms with E-state index < -0.39 is 0 Å². The number of hydrogen-bond acceptors (Lipinski definition) is 8. The lowest BCUT2D eigenvalue weighted by atomic mass is 9.74. The first kappa shape index (κ1) is 26.1. The molecule has 0 bridgehead atoms. The quantitative estimate of drug-likeness (QED) is 0.233. The molecular weight excluding hydrogens is 526 g/mol. The van der Waals surface area contributed by atoms with Crippen molar-refractivity contribution in [2.45, 2.75) is 47.7 Å². The van der Waals surface area contributed by atoms with Gasteiger partial charge in [-0.2, -0.15) is 4.98 Å². The van der Waals surface area contributed by atoms with E-state index in [0.717, 1.165) is 54.6 Å². The molecule has 0 saturated carbocycles. The molecule has 0 unspecified atom stereocenters. The average molecular weight is 556 g/mol. The van der Waals surface area contributed by atoms with E-state index in [-0.39, 0.29) is 5.41 Å². The number of anilines is 2. The lowest BCUT2D eigenvalue weighted by molar-refractivity contribution is 0.0515. The molecule has 0 radical (unpaired) electrons. The maximum Gasteiger partial charge on any atom is 0.232 e. The molecule has 37 heavy (non-hydrogen) atoms. The van der Waals surface area contributed by atoms with Crippen LogP contribution in [-0.2, 0) is 10.2 Å². The molecule has 2 aliphatic rings. The van der Waals surface area contributed by atoms with Gasteiger partial charge in [-0.15, -0.1) is 0 Å². The minimum Gasteiger partial charge on any atom is -0.381 e. The van der Waals surface area contributed by atoms with E-state index in [1.54, 1.807) is 18.5 Å². The molecule has 0 spiro atoms. The largest absolute Gasteiger partial charge is 0.381 e. The van der Waals surface area contributed by atoms with Crippen molar-refractivity contribution < 1.29 is 4.74 Å². The Hall–Kier alpha value is -2.53. The summed E-state index contributed by atoms with van der Waals surface area (Å²) in [5, 5.41) is 9.28. The molecule has 2 N–H and O–H groups in total. The number of hydrogen-bond donors (Lipinski definition) is 2. The van der Waals surface area contributed by atoms with E-state index in [1.165, 1.54) is 23.7 Å². The molecule has 0 amide bonds. The fourth-order valence-electron chi connectivity index (χ4n) is 4.78. The van der Waals surface area contributed by atoms with Crippen molar-refractivity contribution in [3.8, 4) is 0 Å². The van der Waals surface area contributed by atoms with Crippen LogP contribution in [0.5, 0.6) is 0 Å². The summed E-state index contributed by atoms with van der Waals surface area (Å²) in [5.74, 6) is 1.35. The number of nitrogens with zero attached hydrogens (tertiary/aromatic N) is 5. The molecule has 4 heterocycles. The second-order valence-electron chi connectivity index (χ2n) is 9.28. The van der Waals surface area contributed by atoms with E-state index in [2.05, 4.69) is 31.6 Å². The van der Waals surface area contributed by atoms with Crippen LogP contribution in [0.15, 0.2) is 59.0 Å². The van der Waals surface area contributed by atoms with E-state index >= 15 is 0 Å². The summed E-state index contributed by atoms with van der Waals surface area (Å²) in [6.07, 6.45) is 8.81. The third-order valence-electron chi connectivity index (χ3n) is 6.81. The van der Waals surface area contributed by atoms with Crippen LogP contribution in [0.3, 0.4) is 0 Å². The van der Waals surface area contributed by atoms with Gasteiger partial charge in [-0.05, 0) is 79.8 Å². The normalized spacial score (nSPS) is 17.3. The van der Waals surface area contributed by atoms with Gasteiger partial charge in [-0.3, -0.25) is 0 Å². The topological polar surface area (TPSA) is 88.1 Å². The third kappa shape index (κ3) is 6.87. The predicted molar refractivity (Wildman–Crippen MR) is 152 cm³/mol. The first-order valence-electron chi connectivity index (χ1n) is 12.6. The zero-order valence-electron chi connectivity index (χ0n) is 20.5. The lowest BCUT2D eigenvalue weighted by Gasteiger charge is -2.38. The fourth-order valence-corrected chi connectivity index (χ4v) is 5.85. The van der Waals surface area contributed by atoms with Gasteiger partial charge >= 0.3 is 0 Å². The Labute approximate surface area is 232 Å². The van der Waals surface area contributed by atoms with Gasteiger partial charge in [-0.1, -0.05) is 23.7 Å². The molecule has 2 saturated heterocycles. The number of aromatic nitrogens is 4. The van der Waals surface area contributed by atoms with Gasteiger partial charge in [0.15, 0.2) is 10.3 Å². The molecule has 194 valence electrons. The number of halogens is 1. The van der Waals surface area contributed by atoms with Gasteiger partial charge in [-0.25, -0.2) is 15.0 Å². The van der Waals surface area contributed by atoms with Crippen LogP contribution in [0.25, 0.3) is 0 Å². The highest BCUT2D eigenvalue weighted by Gasteiger charge is 2.34. The number of nitrogens with one attached hydrogen (secondary N) is 2. The number of thiocarbonyl (C=S) groups is 1. The van der Waals surface area contributed by atoms with Crippen molar-refractivity contribution in [2.24, 2.45) is 0 Å². The summed E-state index contributed by atoms with van der Waals surface area (Å²) in [7, 11) is 0. The van der Waals surface area contributed by atoms with Gasteiger partial charge in [0, 0.05) is 61.7 Å². The highest BCUT2D eigenvalue weighted by Crippen LogP contribution is 2.35. The summed E-state index contributed by atoms with van der Waals surface area (Å²) < 4.78 is 5.67. The first-order valence-corrected chi connectivity index (χ1v) is 14.2. The molecule has 0 aliphatic carbocycles. The smallest absolute Gasteiger partial charge is 0.232 e. The fraction of sp³-hybridized carbons (Fsp3) is 0.423. The minimum absolute atomic E-state index is 0.114. The standard InChI is InChI=1S/C26H30ClN7OS2/c27-20-7-4-6-19(16-20)26(8-14-35-15-9-26)18-30-24(36)33-23-31-21(34-12-2-1-3-13-34)17-22(32-23)37-25-28-10-5-11-29-25/h4-7,10-11,16-17H,1-3,8-9,12-15,18H2,(H2,30,31,32,33,36). The zero-order valence-corrected chi connectivity index (χ0v) is 22.9. The summed E-state index contributed by atoms with van der Waals surface area (Å²) in [6.45, 7) is 4.04. The SMILES string of the molecule is S=C(NCC1(c2cccc(Cl)c2)CCOCC1)Nc1nc(Sc2ncccn2)cc(N2CCCCC2)n1. The van der Waals surface area contributed by atoms with E-state index in [9.17, 15) is 0 Å². The summed E-state index contributed by atoms with van der Waals surface area (Å²) in [5.41, 5.74) is 1.08. The van der Waals surface area contributed by atoms with Crippen LogP contribution in [-0.4, -0.2) is 57.9 Å². The van der Waals surface area contributed by atoms with Crippen molar-refractivity contribution in [2.75, 3.05) is 43.1 Å². The second-order valence-corrected chi connectivity index (χ2v) is 11.1. The van der Waals surface area contributed by atoms with Crippen LogP contribution in [0.1, 0.15) is 37.7 Å². The van der Waals surface area contributed by atoms with E-state index in [1.807, 2.05) is 24.3 Å². The molecule has 0 atom stereocenters. The van der Waals surface area contributed by atoms with E-state index in [4.69, 9.17) is 38.5 Å². The Morgan fingerprint density at radius 1 is 1.05 bits per heavy atom. The Kier molecular flexibility index (Phi) is 8.70. The number of piperidine rings is 1. The Morgan fingerprint density at radius 2 is 1.84 bits per heavy atom. The summed E-state index contributed by atoms with van der Waals surface area (Å²) in [4.78, 5) is 20.5. The molecule has 3 aromatic rings. The molecule has 5 rings (SSSR count). The molecule has 2 aliphatic heterocycles. The van der Waals surface area contributed by atoms with E-state index in [0.29, 0.717) is 36.0 Å². The zero-order chi connectivity index (χ0) is 25.5. The Bertz CT molecular complexity index is 1200. The maximum atomic E-state index is 6.33. The second kappa shape index (κ2) is 12.3. The average Bonchev–Trinajstić information content (AvgIpc) is 2.93. The van der Waals surface area contributed by atoms with Crippen molar-refractivity contribution in [3.05, 3.63) is 59.4 Å². The summed E-state index contributed by atoms with van der Waals surface area (Å²) >= 11 is 13.4. The van der Waals surface area contributed by atoms with Crippen molar-refractivity contribution in [1.82, 2.24) is 25.3 Å². The van der Waals surface area contributed by atoms with Gasteiger partial charge in [0.1, 0.15) is 10.8 Å². The van der Waals surface area contributed by atoms with Crippen molar-refractivity contribution >= 4 is 52.5 Å². The lowest BCUT2D eigenvalue weighted by Crippen LogP contribution is -2.45. The van der Waals surface area contributed by atoms with Crippen LogP contribution in [0.4, 0.5) is 11.8 Å². The van der Waals surface area contributed by atoms with Gasteiger partial charge < -0.3 is 20.3 Å². The number of ether oxygens (including phenoxy) is 1. The molecule has 1 aromatic carbocycles. The molecular formula is C26H30ClN7OS2. The predicted octanol–water partition coefficient (Wildman–Crippen LogP) is 5.10. The van der Waals surface area contributed by atoms with Gasteiger partial charge in [0.05, 0.1) is 0 Å². The minimum atomic E-state index is -0.114. The van der Waals surface area contributed by atoms with Crippen LogP contribution < -0.4 is 15.5 Å². The maximum absolute atomic E-state index is 6.33. The van der Waals surface area contributed by atoms with Gasteiger partial charge in [0.2, 0.25) is 5.95 Å². The highest BCUT2D eigenvalue weighted by molar-refractivity contribution is 7.99. The number of rotatable bonds is 7. The third-order valence-corrected chi connectivity index (χ3v) is 8.10. The Morgan fingerprint density at radius 3 is 2.59 bits per heavy atom. The molecule has 2 fully saturated rings. The molecule has 2 aromatic heterocycles. The van der Waals surface area contributed by atoms with Gasteiger partial charge in [0.25, 0.3) is 0 Å². The van der Waals surface area contributed by atoms with Crippen LogP contribution >= 0.6 is 35.6 Å². The monoisotopic (exact) mass is 555 g/mol. The number of benzene rings is 1. The Balaban J connectivity index is 1.32. The highest BCUT2D eigenvalue weighted by atomic mass is 35.5. The molecule has 8 nitrogen and oxygen atoms in total. The summed E-state index contributed by atoms with van der Waals surface area (Å²) in [6, 6.07) is 11.9. The van der Waals surface area contributed by atoms with Crippen molar-refractivity contribution in [1.29, 1.82) is 0 Å². The van der Waals surface area contributed by atoms with Crippen LogP contribution in [0, 0.1) is 0 Å².